The molecule has 0 bridgehead atoms. The highest BCUT2D eigenvalue weighted by Crippen LogP contribution is 2.34. The van der Waals surface area contributed by atoms with Crippen molar-refractivity contribution >= 4 is 58.1 Å². The molecule has 9 heteroatoms. The third kappa shape index (κ3) is 4.80. The molecule has 2 fully saturated rings. The summed E-state index contributed by atoms with van der Waals surface area (Å²) in [6, 6.07) is 8.28. The lowest BCUT2D eigenvalue weighted by Gasteiger charge is -2.31. The minimum Gasteiger partial charge on any atom is -0.393 e. The van der Waals surface area contributed by atoms with Crippen molar-refractivity contribution in [3.05, 3.63) is 51.8 Å². The number of rotatable bonds is 4. The third-order valence-corrected chi connectivity index (χ3v) is 7.05. The van der Waals surface area contributed by atoms with Crippen LogP contribution in [0.4, 0.5) is 21.5 Å². The van der Waals surface area contributed by atoms with Crippen LogP contribution in [0.15, 0.2) is 30.3 Å². The van der Waals surface area contributed by atoms with Gasteiger partial charge in [-0.1, -0.05) is 23.2 Å². The molecular weight excluding hydrogens is 448 g/mol. The maximum atomic E-state index is 14.4. The summed E-state index contributed by atoms with van der Waals surface area (Å²) in [6.45, 7) is 2.22. The molecular formula is C21H22Cl2FN3O2S. The number of anilines is 3. The first-order valence-corrected chi connectivity index (χ1v) is 11.5. The van der Waals surface area contributed by atoms with Gasteiger partial charge in [-0.2, -0.15) is 0 Å². The molecule has 5 nitrogen and oxygen atoms in total. The molecule has 2 aromatic rings. The highest BCUT2D eigenvalue weighted by atomic mass is 35.5. The fourth-order valence-corrected chi connectivity index (χ4v) is 5.10. The van der Waals surface area contributed by atoms with Gasteiger partial charge in [-0.15, -0.1) is 0 Å². The number of carbonyl (C=O) groups is 1. The van der Waals surface area contributed by atoms with Crippen molar-refractivity contribution < 1.29 is 14.3 Å². The van der Waals surface area contributed by atoms with Crippen LogP contribution in [-0.4, -0.2) is 42.5 Å². The van der Waals surface area contributed by atoms with Gasteiger partial charge in [-0.05, 0) is 61.5 Å². The van der Waals surface area contributed by atoms with Gasteiger partial charge < -0.3 is 19.6 Å². The van der Waals surface area contributed by atoms with Crippen LogP contribution >= 0.6 is 35.1 Å². The Morgan fingerprint density at radius 3 is 2.57 bits per heavy atom. The average molecular weight is 470 g/mol. The van der Waals surface area contributed by atoms with Crippen molar-refractivity contribution in [3.8, 4) is 0 Å². The first-order chi connectivity index (χ1) is 14.4. The molecule has 0 atom stereocenters. The Hall–Kier alpha value is -1.67. The van der Waals surface area contributed by atoms with Gasteiger partial charge in [-0.3, -0.25) is 4.79 Å². The molecule has 160 valence electrons. The molecule has 4 rings (SSSR count). The number of benzene rings is 2. The SMILES string of the molecule is O=C(Nc1cc(Cl)cc(N2CCC(O)CC2)c1)c1cc(N2CCCS2)cc(F)c1Cl. The molecule has 30 heavy (non-hydrogen) atoms. The van der Waals surface area contributed by atoms with E-state index in [-0.39, 0.29) is 16.7 Å². The van der Waals surface area contributed by atoms with Crippen LogP contribution in [0.3, 0.4) is 0 Å². The Morgan fingerprint density at radius 1 is 1.10 bits per heavy atom. The van der Waals surface area contributed by atoms with Crippen LogP contribution in [0.5, 0.6) is 0 Å². The van der Waals surface area contributed by atoms with Crippen molar-refractivity contribution in [3.63, 3.8) is 0 Å². The van der Waals surface area contributed by atoms with E-state index in [9.17, 15) is 14.3 Å². The lowest BCUT2D eigenvalue weighted by atomic mass is 10.1. The van der Waals surface area contributed by atoms with E-state index >= 15 is 0 Å². The second-order valence-corrected chi connectivity index (χ2v) is 9.37. The Morgan fingerprint density at radius 2 is 1.87 bits per heavy atom. The quantitative estimate of drug-likeness (QED) is 0.602. The van der Waals surface area contributed by atoms with E-state index < -0.39 is 11.7 Å². The third-order valence-electron chi connectivity index (χ3n) is 5.27. The summed E-state index contributed by atoms with van der Waals surface area (Å²) in [5.74, 6) is -0.150. The van der Waals surface area contributed by atoms with Gasteiger partial charge in [0, 0.05) is 41.8 Å². The van der Waals surface area contributed by atoms with Gasteiger partial charge in [0.25, 0.3) is 5.91 Å². The molecule has 0 saturated carbocycles. The van der Waals surface area contributed by atoms with E-state index in [0.29, 0.717) is 42.3 Å². The Balaban J connectivity index is 1.56. The molecule has 0 radical (unpaired) electrons. The van der Waals surface area contributed by atoms with Gasteiger partial charge in [0.05, 0.1) is 22.4 Å². The zero-order valence-corrected chi connectivity index (χ0v) is 18.5. The second-order valence-electron chi connectivity index (χ2n) is 7.45. The van der Waals surface area contributed by atoms with E-state index in [1.807, 2.05) is 16.4 Å². The molecule has 2 heterocycles. The molecule has 2 aliphatic rings. The summed E-state index contributed by atoms with van der Waals surface area (Å²) in [5, 5.41) is 12.8. The Bertz CT molecular complexity index is 948. The van der Waals surface area contributed by atoms with Crippen LogP contribution in [0.25, 0.3) is 0 Å². The normalized spacial score (nSPS) is 17.5. The number of halogens is 3. The monoisotopic (exact) mass is 469 g/mol. The number of nitrogens with one attached hydrogen (secondary N) is 1. The molecule has 0 spiro atoms. The Kier molecular flexibility index (Phi) is 6.63. The fourth-order valence-electron chi connectivity index (χ4n) is 3.69. The lowest BCUT2D eigenvalue weighted by molar-refractivity contribution is 0.102. The topological polar surface area (TPSA) is 55.8 Å². The molecule has 2 N–H and O–H groups in total. The number of hydrogen-bond acceptors (Lipinski definition) is 5. The van der Waals surface area contributed by atoms with Crippen LogP contribution < -0.4 is 14.5 Å². The van der Waals surface area contributed by atoms with Crippen LogP contribution in [0.1, 0.15) is 29.6 Å². The first kappa shape index (κ1) is 21.6. The number of piperidine rings is 1. The Labute approximate surface area is 189 Å². The van der Waals surface area contributed by atoms with E-state index in [1.54, 1.807) is 24.1 Å². The number of hydrogen-bond donors (Lipinski definition) is 2. The van der Waals surface area contributed by atoms with Gasteiger partial charge in [0.2, 0.25) is 0 Å². The maximum absolute atomic E-state index is 14.4. The summed E-state index contributed by atoms with van der Waals surface area (Å²) in [6.07, 6.45) is 2.10. The largest absolute Gasteiger partial charge is 0.393 e. The van der Waals surface area contributed by atoms with E-state index in [4.69, 9.17) is 23.2 Å². The predicted molar refractivity (Wildman–Crippen MR) is 123 cm³/mol. The van der Waals surface area contributed by atoms with Crippen LogP contribution in [0, 0.1) is 5.82 Å². The highest BCUT2D eigenvalue weighted by Gasteiger charge is 2.22. The van der Waals surface area contributed by atoms with Gasteiger partial charge >= 0.3 is 0 Å². The molecule has 2 aliphatic heterocycles. The minimum absolute atomic E-state index is 0.0850. The average Bonchev–Trinajstić information content (AvgIpc) is 3.25. The number of amides is 1. The van der Waals surface area contributed by atoms with E-state index in [1.165, 1.54) is 6.07 Å². The molecule has 2 saturated heterocycles. The number of nitrogens with zero attached hydrogens (tertiary/aromatic N) is 2. The molecule has 2 aromatic carbocycles. The van der Waals surface area contributed by atoms with Crippen molar-refractivity contribution in [2.45, 2.75) is 25.4 Å². The number of aliphatic hydroxyl groups is 1. The summed E-state index contributed by atoms with van der Waals surface area (Å²) in [4.78, 5) is 15.0. The molecule has 0 aliphatic carbocycles. The summed E-state index contributed by atoms with van der Waals surface area (Å²) >= 11 is 14.0. The molecule has 0 unspecified atom stereocenters. The lowest BCUT2D eigenvalue weighted by Crippen LogP contribution is -2.35. The van der Waals surface area contributed by atoms with Crippen molar-refractivity contribution in [1.29, 1.82) is 0 Å². The molecule has 1 amide bonds. The predicted octanol–water partition coefficient (Wildman–Crippen LogP) is 5.20. The maximum Gasteiger partial charge on any atom is 0.257 e. The number of aliphatic hydroxyl groups excluding tert-OH is 1. The second kappa shape index (κ2) is 9.22. The smallest absolute Gasteiger partial charge is 0.257 e. The summed E-state index contributed by atoms with van der Waals surface area (Å²) in [7, 11) is 0. The minimum atomic E-state index is -0.620. The summed E-state index contributed by atoms with van der Waals surface area (Å²) in [5.41, 5.74) is 2.08. The first-order valence-electron chi connectivity index (χ1n) is 9.85. The van der Waals surface area contributed by atoms with Gasteiger partial charge in [-0.25, -0.2) is 4.39 Å². The van der Waals surface area contributed by atoms with Crippen LogP contribution in [0.2, 0.25) is 10.0 Å². The van der Waals surface area contributed by atoms with Crippen LogP contribution in [-0.2, 0) is 0 Å². The highest BCUT2D eigenvalue weighted by molar-refractivity contribution is 8.00. The van der Waals surface area contributed by atoms with E-state index in [0.717, 1.165) is 24.4 Å². The fraction of sp³-hybridized carbons (Fsp3) is 0.381. The standard InChI is InChI=1S/C21H22Cl2FN3O2S/c22-13-8-14(10-15(9-13)26-5-2-17(28)3-6-26)25-21(29)18-11-16(12-19(24)20(18)23)27-4-1-7-30-27/h8-12,17,28H,1-7H2,(H,25,29). The van der Waals surface area contributed by atoms with E-state index in [2.05, 4.69) is 10.2 Å². The zero-order valence-electron chi connectivity index (χ0n) is 16.2. The van der Waals surface area contributed by atoms with Crippen molar-refractivity contribution in [2.24, 2.45) is 0 Å². The number of carbonyl (C=O) groups excluding carboxylic acids is 1. The zero-order chi connectivity index (χ0) is 21.3. The van der Waals surface area contributed by atoms with Crippen molar-refractivity contribution in [1.82, 2.24) is 0 Å². The summed E-state index contributed by atoms with van der Waals surface area (Å²) < 4.78 is 16.4. The van der Waals surface area contributed by atoms with Gasteiger partial charge in [0.1, 0.15) is 5.82 Å². The molecule has 0 aromatic heterocycles. The van der Waals surface area contributed by atoms with Gasteiger partial charge in [0.15, 0.2) is 0 Å². The van der Waals surface area contributed by atoms with Crippen molar-refractivity contribution in [2.75, 3.05) is 39.9 Å².